The average Bonchev–Trinajstić information content (AvgIpc) is 2.99. The van der Waals surface area contributed by atoms with Gasteiger partial charge in [-0.25, -0.2) is 0 Å². The molecule has 1 unspecified atom stereocenters. The third-order valence-corrected chi connectivity index (χ3v) is 5.95. The largest absolute Gasteiger partial charge is 0.346 e. The summed E-state index contributed by atoms with van der Waals surface area (Å²) in [5, 5.41) is 10.8. The Hall–Kier alpha value is -1.17. The van der Waals surface area contributed by atoms with Gasteiger partial charge in [0.15, 0.2) is 0 Å². The lowest BCUT2D eigenvalue weighted by Crippen LogP contribution is -2.54. The second-order valence-corrected chi connectivity index (χ2v) is 7.31. The predicted molar refractivity (Wildman–Crippen MR) is 84.7 cm³/mol. The number of aromatic nitrogens is 2. The molecule has 6 heteroatoms. The number of likely N-dealkylation sites (tertiary alicyclic amines) is 1. The predicted octanol–water partition coefficient (Wildman–Crippen LogP) is 2.33. The maximum Gasteiger partial charge on any atom is 0.222 e. The monoisotopic (exact) mass is 308 g/mol. The van der Waals surface area contributed by atoms with E-state index in [2.05, 4.69) is 28.9 Å². The van der Waals surface area contributed by atoms with Crippen molar-refractivity contribution in [1.29, 1.82) is 0 Å². The Labute approximate surface area is 130 Å². The van der Waals surface area contributed by atoms with Crippen molar-refractivity contribution < 1.29 is 4.79 Å². The van der Waals surface area contributed by atoms with Gasteiger partial charge >= 0.3 is 0 Å². The Balaban J connectivity index is 1.74. The molecule has 1 amide bonds. The fourth-order valence-corrected chi connectivity index (χ4v) is 4.41. The molecule has 2 saturated heterocycles. The fourth-order valence-electron chi connectivity index (χ4n) is 3.61. The van der Waals surface area contributed by atoms with Crippen LogP contribution < -0.4 is 4.90 Å². The molecule has 2 aliphatic heterocycles. The minimum absolute atomic E-state index is 0.264. The zero-order valence-electron chi connectivity index (χ0n) is 13.0. The molecule has 0 saturated carbocycles. The van der Waals surface area contributed by atoms with E-state index < -0.39 is 0 Å². The maximum absolute atomic E-state index is 11.9. The van der Waals surface area contributed by atoms with Gasteiger partial charge in [0.05, 0.1) is 0 Å². The molecule has 2 aliphatic rings. The van der Waals surface area contributed by atoms with Crippen LogP contribution >= 0.6 is 11.3 Å². The van der Waals surface area contributed by atoms with E-state index in [1.165, 1.54) is 12.8 Å². The highest BCUT2D eigenvalue weighted by Crippen LogP contribution is 2.40. The molecule has 3 heterocycles. The van der Waals surface area contributed by atoms with Crippen molar-refractivity contribution in [3.8, 4) is 0 Å². The summed E-state index contributed by atoms with van der Waals surface area (Å²) in [6.07, 6.45) is 5.10. The van der Waals surface area contributed by atoms with E-state index in [0.29, 0.717) is 12.3 Å². The van der Waals surface area contributed by atoms with E-state index in [4.69, 9.17) is 0 Å². The van der Waals surface area contributed by atoms with Crippen LogP contribution in [0.2, 0.25) is 0 Å². The SMILES string of the molecule is CCc1nnc(N2CCCC3(CCC(=O)N(CC)C3)C2)s1. The lowest BCUT2D eigenvalue weighted by Gasteiger charge is -2.48. The number of nitrogens with zero attached hydrogens (tertiary/aromatic N) is 4. The highest BCUT2D eigenvalue weighted by molar-refractivity contribution is 7.15. The zero-order chi connectivity index (χ0) is 14.9. The van der Waals surface area contributed by atoms with Crippen LogP contribution in [0.3, 0.4) is 0 Å². The van der Waals surface area contributed by atoms with Crippen LogP contribution in [0.25, 0.3) is 0 Å². The lowest BCUT2D eigenvalue weighted by molar-refractivity contribution is -0.137. The van der Waals surface area contributed by atoms with E-state index in [1.807, 2.05) is 4.90 Å². The van der Waals surface area contributed by atoms with Gasteiger partial charge in [-0.15, -0.1) is 10.2 Å². The standard InChI is InChI=1S/C15H24N4OS/c1-3-12-16-17-14(21-12)19-9-5-7-15(11-19)8-6-13(20)18(4-2)10-15/h3-11H2,1-2H3. The van der Waals surface area contributed by atoms with E-state index in [0.717, 1.165) is 49.2 Å². The molecule has 21 heavy (non-hydrogen) atoms. The van der Waals surface area contributed by atoms with Gasteiger partial charge in [0.25, 0.3) is 0 Å². The summed E-state index contributed by atoms with van der Waals surface area (Å²) in [5.74, 6) is 0.324. The molecule has 0 aliphatic carbocycles. The molecule has 2 fully saturated rings. The van der Waals surface area contributed by atoms with Crippen LogP contribution in [0, 0.1) is 5.41 Å². The van der Waals surface area contributed by atoms with Crippen LogP contribution in [0.5, 0.6) is 0 Å². The van der Waals surface area contributed by atoms with Crippen LogP contribution in [0.4, 0.5) is 5.13 Å². The van der Waals surface area contributed by atoms with E-state index in [-0.39, 0.29) is 5.41 Å². The Kier molecular flexibility index (Phi) is 4.15. The first kappa shape index (κ1) is 14.8. The molecule has 1 atom stereocenters. The summed E-state index contributed by atoms with van der Waals surface area (Å²) in [6.45, 7) is 8.04. The summed E-state index contributed by atoms with van der Waals surface area (Å²) in [7, 11) is 0. The third kappa shape index (κ3) is 2.91. The van der Waals surface area contributed by atoms with Gasteiger partial charge in [0.1, 0.15) is 5.01 Å². The quantitative estimate of drug-likeness (QED) is 0.860. The normalized spacial score (nSPS) is 26.7. The highest BCUT2D eigenvalue weighted by atomic mass is 32.1. The van der Waals surface area contributed by atoms with Gasteiger partial charge in [-0.2, -0.15) is 0 Å². The van der Waals surface area contributed by atoms with Crippen molar-refractivity contribution in [2.24, 2.45) is 5.41 Å². The number of carbonyl (C=O) groups excluding carboxylic acids is 1. The maximum atomic E-state index is 11.9. The average molecular weight is 308 g/mol. The molecule has 0 bridgehead atoms. The smallest absolute Gasteiger partial charge is 0.222 e. The minimum atomic E-state index is 0.264. The molecular formula is C15H24N4OS. The molecule has 1 aromatic rings. The Morgan fingerprint density at radius 3 is 2.81 bits per heavy atom. The van der Waals surface area contributed by atoms with Gasteiger partial charge in [-0.3, -0.25) is 4.79 Å². The molecule has 0 radical (unpaired) electrons. The van der Waals surface area contributed by atoms with E-state index in [9.17, 15) is 4.79 Å². The molecule has 116 valence electrons. The van der Waals surface area contributed by atoms with Crippen molar-refractivity contribution in [2.75, 3.05) is 31.1 Å². The topological polar surface area (TPSA) is 49.3 Å². The molecule has 1 spiro atoms. The van der Waals surface area contributed by atoms with Gasteiger partial charge in [0.2, 0.25) is 11.0 Å². The summed E-state index contributed by atoms with van der Waals surface area (Å²) in [6, 6.07) is 0. The van der Waals surface area contributed by atoms with Crippen LogP contribution in [-0.4, -0.2) is 47.2 Å². The Morgan fingerprint density at radius 1 is 1.24 bits per heavy atom. The van der Waals surface area contributed by atoms with E-state index in [1.54, 1.807) is 11.3 Å². The summed E-state index contributed by atoms with van der Waals surface area (Å²) >= 11 is 1.72. The number of hydrogen-bond donors (Lipinski definition) is 0. The van der Waals surface area contributed by atoms with Crippen molar-refractivity contribution in [2.45, 2.75) is 46.0 Å². The van der Waals surface area contributed by atoms with E-state index >= 15 is 0 Å². The number of hydrogen-bond acceptors (Lipinski definition) is 5. The molecule has 5 nitrogen and oxygen atoms in total. The highest BCUT2D eigenvalue weighted by Gasteiger charge is 2.41. The minimum Gasteiger partial charge on any atom is -0.346 e. The van der Waals surface area contributed by atoms with Gasteiger partial charge in [-0.05, 0) is 32.6 Å². The van der Waals surface area contributed by atoms with Crippen molar-refractivity contribution in [3.05, 3.63) is 5.01 Å². The van der Waals surface area contributed by atoms with Crippen molar-refractivity contribution >= 4 is 22.4 Å². The number of amides is 1. The van der Waals surface area contributed by atoms with Crippen LogP contribution in [0.1, 0.15) is 44.5 Å². The van der Waals surface area contributed by atoms with Crippen molar-refractivity contribution in [1.82, 2.24) is 15.1 Å². The lowest BCUT2D eigenvalue weighted by atomic mass is 9.73. The molecule has 0 aromatic carbocycles. The first-order chi connectivity index (χ1) is 10.2. The van der Waals surface area contributed by atoms with Crippen LogP contribution in [0.15, 0.2) is 0 Å². The second kappa shape index (κ2) is 5.91. The summed E-state index contributed by atoms with van der Waals surface area (Å²) in [5.41, 5.74) is 0.264. The molecule has 1 aromatic heterocycles. The summed E-state index contributed by atoms with van der Waals surface area (Å²) < 4.78 is 0. The third-order valence-electron chi connectivity index (χ3n) is 4.82. The van der Waals surface area contributed by atoms with Crippen LogP contribution in [-0.2, 0) is 11.2 Å². The molecule has 0 N–H and O–H groups in total. The number of carbonyl (C=O) groups is 1. The van der Waals surface area contributed by atoms with Gasteiger partial charge < -0.3 is 9.80 Å². The molecular weight excluding hydrogens is 284 g/mol. The fraction of sp³-hybridized carbons (Fsp3) is 0.800. The Bertz CT molecular complexity index is 518. The second-order valence-electron chi connectivity index (χ2n) is 6.26. The van der Waals surface area contributed by atoms with Crippen molar-refractivity contribution in [3.63, 3.8) is 0 Å². The first-order valence-corrected chi connectivity index (χ1v) is 8.82. The Morgan fingerprint density at radius 2 is 2.10 bits per heavy atom. The first-order valence-electron chi connectivity index (χ1n) is 8.01. The number of anilines is 1. The van der Waals surface area contributed by atoms with Gasteiger partial charge in [-0.1, -0.05) is 18.3 Å². The number of rotatable bonds is 3. The zero-order valence-corrected chi connectivity index (χ0v) is 13.8. The molecule has 3 rings (SSSR count). The van der Waals surface area contributed by atoms with Gasteiger partial charge in [0, 0.05) is 38.0 Å². The summed E-state index contributed by atoms with van der Waals surface area (Å²) in [4.78, 5) is 16.4. The number of aryl methyl sites for hydroxylation is 1. The number of piperidine rings is 2.